The fourth-order valence-corrected chi connectivity index (χ4v) is 2.70. The Kier molecular flexibility index (Phi) is 6.11. The van der Waals surface area contributed by atoms with E-state index in [9.17, 15) is 9.18 Å². The van der Waals surface area contributed by atoms with Gasteiger partial charge in [-0.05, 0) is 54.1 Å². The molecule has 0 heterocycles. The number of nitrogens with one attached hydrogen (secondary N) is 1. The van der Waals surface area contributed by atoms with Crippen LogP contribution in [0.5, 0.6) is 23.0 Å². The van der Waals surface area contributed by atoms with Crippen LogP contribution in [0.2, 0.25) is 0 Å². The van der Waals surface area contributed by atoms with Crippen molar-refractivity contribution in [2.24, 2.45) is 0 Å². The molecule has 0 saturated carbocycles. The predicted molar refractivity (Wildman–Crippen MR) is 104 cm³/mol. The molecule has 3 rings (SSSR count). The van der Waals surface area contributed by atoms with Crippen molar-refractivity contribution in [3.63, 3.8) is 0 Å². The van der Waals surface area contributed by atoms with Crippen molar-refractivity contribution in [1.82, 2.24) is 5.32 Å². The van der Waals surface area contributed by atoms with E-state index in [0.29, 0.717) is 35.1 Å². The zero-order valence-corrected chi connectivity index (χ0v) is 15.6. The number of carbonyl (C=O) groups is 1. The van der Waals surface area contributed by atoms with Crippen LogP contribution in [0.1, 0.15) is 15.9 Å². The maximum atomic E-state index is 13.0. The molecule has 0 aliphatic rings. The molecule has 0 bridgehead atoms. The summed E-state index contributed by atoms with van der Waals surface area (Å²) in [5.41, 5.74) is 1.25. The van der Waals surface area contributed by atoms with E-state index in [1.165, 1.54) is 26.4 Å². The maximum absolute atomic E-state index is 13.0. The number of ether oxygens (including phenoxy) is 3. The van der Waals surface area contributed by atoms with E-state index in [-0.39, 0.29) is 11.7 Å². The molecule has 0 saturated heterocycles. The minimum atomic E-state index is -0.322. The second kappa shape index (κ2) is 8.90. The highest BCUT2D eigenvalue weighted by atomic mass is 19.1. The highest BCUT2D eigenvalue weighted by molar-refractivity contribution is 5.97. The van der Waals surface area contributed by atoms with Crippen LogP contribution in [0.3, 0.4) is 0 Å². The number of carbonyl (C=O) groups excluding carboxylic acids is 1. The molecule has 0 radical (unpaired) electrons. The van der Waals surface area contributed by atoms with Gasteiger partial charge in [0.25, 0.3) is 5.91 Å². The van der Waals surface area contributed by atoms with Gasteiger partial charge in [0.1, 0.15) is 17.3 Å². The summed E-state index contributed by atoms with van der Waals surface area (Å²) < 4.78 is 29.2. The summed E-state index contributed by atoms with van der Waals surface area (Å²) in [6, 6.07) is 18.2. The van der Waals surface area contributed by atoms with Crippen LogP contribution in [0, 0.1) is 5.82 Å². The predicted octanol–water partition coefficient (Wildman–Crippen LogP) is 4.57. The Labute approximate surface area is 162 Å². The molecule has 0 aromatic heterocycles. The summed E-state index contributed by atoms with van der Waals surface area (Å²) >= 11 is 0. The quantitative estimate of drug-likeness (QED) is 0.652. The molecule has 144 valence electrons. The minimum Gasteiger partial charge on any atom is -0.493 e. The average Bonchev–Trinajstić information content (AvgIpc) is 2.73. The van der Waals surface area contributed by atoms with E-state index in [2.05, 4.69) is 5.32 Å². The lowest BCUT2D eigenvalue weighted by Gasteiger charge is -2.13. The van der Waals surface area contributed by atoms with Crippen LogP contribution in [-0.4, -0.2) is 20.1 Å². The van der Waals surface area contributed by atoms with E-state index < -0.39 is 0 Å². The Morgan fingerprint density at radius 3 is 2.39 bits per heavy atom. The van der Waals surface area contributed by atoms with Crippen LogP contribution in [0.4, 0.5) is 4.39 Å². The molecule has 0 aliphatic carbocycles. The van der Waals surface area contributed by atoms with Crippen molar-refractivity contribution < 1.29 is 23.4 Å². The fraction of sp³-hybridized carbons (Fsp3) is 0.136. The zero-order chi connectivity index (χ0) is 19.9. The first kappa shape index (κ1) is 19.2. The number of hydrogen-bond donors (Lipinski definition) is 1. The van der Waals surface area contributed by atoms with E-state index in [4.69, 9.17) is 14.2 Å². The number of hydrogen-bond acceptors (Lipinski definition) is 4. The molecule has 3 aromatic rings. The number of para-hydroxylation sites is 1. The molecule has 6 heteroatoms. The Hall–Kier alpha value is -3.54. The number of amides is 1. The number of methoxy groups -OCH3 is 2. The van der Waals surface area contributed by atoms with Gasteiger partial charge >= 0.3 is 0 Å². The van der Waals surface area contributed by atoms with Gasteiger partial charge in [-0.25, -0.2) is 4.39 Å². The van der Waals surface area contributed by atoms with Crippen LogP contribution in [0.15, 0.2) is 66.7 Å². The van der Waals surface area contributed by atoms with E-state index in [1.54, 1.807) is 36.4 Å². The third-order valence-electron chi connectivity index (χ3n) is 4.05. The van der Waals surface area contributed by atoms with Crippen LogP contribution in [0.25, 0.3) is 0 Å². The first-order valence-electron chi connectivity index (χ1n) is 8.62. The Morgan fingerprint density at radius 1 is 0.929 bits per heavy atom. The number of rotatable bonds is 7. The maximum Gasteiger partial charge on any atom is 0.255 e. The van der Waals surface area contributed by atoms with Crippen molar-refractivity contribution >= 4 is 5.91 Å². The first-order valence-corrected chi connectivity index (χ1v) is 8.62. The minimum absolute atomic E-state index is 0.277. The normalized spacial score (nSPS) is 10.2. The number of benzene rings is 3. The molecule has 5 nitrogen and oxygen atoms in total. The molecule has 28 heavy (non-hydrogen) atoms. The topological polar surface area (TPSA) is 56.8 Å². The summed E-state index contributed by atoms with van der Waals surface area (Å²) in [6.45, 7) is 0.305. The highest BCUT2D eigenvalue weighted by Gasteiger charge is 2.16. The van der Waals surface area contributed by atoms with Gasteiger partial charge in [0.15, 0.2) is 11.5 Å². The van der Waals surface area contributed by atoms with Crippen molar-refractivity contribution in [1.29, 1.82) is 0 Å². The molecule has 3 aromatic carbocycles. The summed E-state index contributed by atoms with van der Waals surface area (Å²) in [7, 11) is 3.01. The van der Waals surface area contributed by atoms with Gasteiger partial charge in [0, 0.05) is 6.54 Å². The van der Waals surface area contributed by atoms with Gasteiger partial charge in [-0.2, -0.15) is 0 Å². The van der Waals surface area contributed by atoms with Crippen molar-refractivity contribution in [2.45, 2.75) is 6.54 Å². The molecule has 0 fully saturated rings. The van der Waals surface area contributed by atoms with Gasteiger partial charge in [0.05, 0.1) is 19.8 Å². The van der Waals surface area contributed by atoms with Crippen molar-refractivity contribution in [3.8, 4) is 23.0 Å². The van der Waals surface area contributed by atoms with Gasteiger partial charge in [-0.1, -0.05) is 18.2 Å². The molecule has 0 atom stereocenters. The van der Waals surface area contributed by atoms with E-state index >= 15 is 0 Å². The highest BCUT2D eigenvalue weighted by Crippen LogP contribution is 2.30. The van der Waals surface area contributed by atoms with Gasteiger partial charge in [-0.3, -0.25) is 4.79 Å². The monoisotopic (exact) mass is 381 g/mol. The lowest BCUT2D eigenvalue weighted by Crippen LogP contribution is -2.23. The second-order valence-corrected chi connectivity index (χ2v) is 5.93. The zero-order valence-electron chi connectivity index (χ0n) is 15.6. The average molecular weight is 381 g/mol. The van der Waals surface area contributed by atoms with E-state index in [0.717, 1.165) is 5.56 Å². The van der Waals surface area contributed by atoms with Crippen LogP contribution < -0.4 is 19.5 Å². The van der Waals surface area contributed by atoms with Crippen molar-refractivity contribution in [2.75, 3.05) is 14.2 Å². The Morgan fingerprint density at radius 2 is 1.68 bits per heavy atom. The molecular formula is C22H20FNO4. The van der Waals surface area contributed by atoms with Gasteiger partial charge < -0.3 is 19.5 Å². The summed E-state index contributed by atoms with van der Waals surface area (Å²) in [6.07, 6.45) is 0. The van der Waals surface area contributed by atoms with Crippen molar-refractivity contribution in [3.05, 3.63) is 83.7 Å². The summed E-state index contributed by atoms with van der Waals surface area (Å²) in [4.78, 5) is 12.6. The first-order chi connectivity index (χ1) is 13.6. The smallest absolute Gasteiger partial charge is 0.255 e. The Bertz CT molecular complexity index is 957. The third kappa shape index (κ3) is 4.59. The fourth-order valence-electron chi connectivity index (χ4n) is 2.70. The van der Waals surface area contributed by atoms with Gasteiger partial charge in [-0.15, -0.1) is 0 Å². The second-order valence-electron chi connectivity index (χ2n) is 5.93. The summed E-state index contributed by atoms with van der Waals surface area (Å²) in [5.74, 6) is 1.40. The van der Waals surface area contributed by atoms with Crippen LogP contribution >= 0.6 is 0 Å². The lowest BCUT2D eigenvalue weighted by molar-refractivity contribution is 0.0947. The lowest BCUT2D eigenvalue weighted by atomic mass is 10.1. The Balaban J connectivity index is 1.68. The number of halogens is 1. The molecule has 1 N–H and O–H groups in total. The molecular weight excluding hydrogens is 361 g/mol. The molecule has 0 aliphatic heterocycles. The molecule has 0 spiro atoms. The molecule has 0 unspecified atom stereocenters. The largest absolute Gasteiger partial charge is 0.493 e. The molecule has 1 amide bonds. The SMILES string of the molecule is COc1cccc(C(=O)NCc2cccc(Oc3ccc(F)cc3)c2)c1OC. The van der Waals surface area contributed by atoms with E-state index in [1.807, 2.05) is 18.2 Å². The summed E-state index contributed by atoms with van der Waals surface area (Å²) in [5, 5.41) is 2.86. The van der Waals surface area contributed by atoms with Gasteiger partial charge in [0.2, 0.25) is 0 Å². The standard InChI is InChI=1S/C22H20FNO4/c1-26-20-8-4-7-19(21(20)27-2)22(25)24-14-15-5-3-6-18(13-15)28-17-11-9-16(23)10-12-17/h3-13H,14H2,1-2H3,(H,24,25). The third-order valence-corrected chi connectivity index (χ3v) is 4.05. The van der Waals surface area contributed by atoms with Crippen LogP contribution in [-0.2, 0) is 6.54 Å².